The fraction of sp³-hybridized carbons (Fsp3) is 0.231. The summed E-state index contributed by atoms with van der Waals surface area (Å²) in [5, 5.41) is 6.10. The van der Waals surface area contributed by atoms with Crippen LogP contribution in [0.25, 0.3) is 0 Å². The van der Waals surface area contributed by atoms with Crippen molar-refractivity contribution in [1.29, 1.82) is 0 Å². The SMILES string of the molecule is CC(=O)N1CCc2cc(NS(=O)(=O)c3cn[nH]c3)ccc21. The highest BCUT2D eigenvalue weighted by atomic mass is 32.2. The van der Waals surface area contributed by atoms with E-state index in [0.29, 0.717) is 12.2 Å². The average Bonchev–Trinajstić information content (AvgIpc) is 3.07. The van der Waals surface area contributed by atoms with Crippen molar-refractivity contribution in [1.82, 2.24) is 10.2 Å². The standard InChI is InChI=1S/C13H14N4O3S/c1-9(18)17-5-4-10-6-11(2-3-13(10)17)16-21(19,20)12-7-14-15-8-12/h2-3,6-8,16H,4-5H2,1H3,(H,14,15). The van der Waals surface area contributed by atoms with E-state index in [1.165, 1.54) is 19.3 Å². The number of hydrogen-bond donors (Lipinski definition) is 2. The first-order valence-electron chi connectivity index (χ1n) is 6.40. The highest BCUT2D eigenvalue weighted by Gasteiger charge is 2.23. The highest BCUT2D eigenvalue weighted by Crippen LogP contribution is 2.31. The Balaban J connectivity index is 1.88. The molecule has 1 aliphatic heterocycles. The van der Waals surface area contributed by atoms with Crippen LogP contribution in [0, 0.1) is 0 Å². The Kier molecular flexibility index (Phi) is 3.17. The maximum absolute atomic E-state index is 12.1. The van der Waals surface area contributed by atoms with Gasteiger partial charge >= 0.3 is 0 Å². The van der Waals surface area contributed by atoms with Crippen LogP contribution in [0.2, 0.25) is 0 Å². The summed E-state index contributed by atoms with van der Waals surface area (Å²) in [6, 6.07) is 5.17. The molecule has 1 aromatic heterocycles. The van der Waals surface area contributed by atoms with Crippen LogP contribution in [-0.4, -0.2) is 31.1 Å². The number of nitrogens with one attached hydrogen (secondary N) is 2. The summed E-state index contributed by atoms with van der Waals surface area (Å²) < 4.78 is 26.7. The molecule has 0 radical (unpaired) electrons. The van der Waals surface area contributed by atoms with E-state index in [0.717, 1.165) is 17.7 Å². The van der Waals surface area contributed by atoms with Crippen molar-refractivity contribution in [2.45, 2.75) is 18.2 Å². The predicted molar refractivity (Wildman–Crippen MR) is 77.6 cm³/mol. The zero-order chi connectivity index (χ0) is 15.0. The lowest BCUT2D eigenvalue weighted by atomic mass is 10.1. The van der Waals surface area contributed by atoms with Gasteiger partial charge in [-0.05, 0) is 30.2 Å². The second-order valence-electron chi connectivity index (χ2n) is 4.80. The van der Waals surface area contributed by atoms with E-state index in [-0.39, 0.29) is 10.8 Å². The van der Waals surface area contributed by atoms with E-state index in [1.807, 2.05) is 0 Å². The number of anilines is 2. The average molecular weight is 306 g/mol. The zero-order valence-corrected chi connectivity index (χ0v) is 12.1. The van der Waals surface area contributed by atoms with Crippen molar-refractivity contribution in [2.75, 3.05) is 16.2 Å². The molecule has 2 heterocycles. The van der Waals surface area contributed by atoms with Crippen molar-refractivity contribution in [3.05, 3.63) is 36.2 Å². The molecule has 1 aromatic carbocycles. The Morgan fingerprint density at radius 2 is 2.24 bits per heavy atom. The summed E-state index contributed by atoms with van der Waals surface area (Å²) in [7, 11) is -3.64. The number of nitrogens with zero attached hydrogens (tertiary/aromatic N) is 2. The number of benzene rings is 1. The van der Waals surface area contributed by atoms with Crippen LogP contribution < -0.4 is 9.62 Å². The molecule has 0 atom stereocenters. The van der Waals surface area contributed by atoms with E-state index in [2.05, 4.69) is 14.9 Å². The van der Waals surface area contributed by atoms with Crippen LogP contribution in [0.4, 0.5) is 11.4 Å². The lowest BCUT2D eigenvalue weighted by Gasteiger charge is -2.15. The van der Waals surface area contributed by atoms with Crippen LogP contribution in [0.3, 0.4) is 0 Å². The minimum Gasteiger partial charge on any atom is -0.312 e. The fourth-order valence-corrected chi connectivity index (χ4v) is 3.35. The van der Waals surface area contributed by atoms with Gasteiger partial charge in [0, 0.05) is 31.0 Å². The van der Waals surface area contributed by atoms with Gasteiger partial charge in [-0.15, -0.1) is 0 Å². The molecule has 1 aliphatic rings. The van der Waals surface area contributed by atoms with Crippen LogP contribution in [-0.2, 0) is 21.2 Å². The highest BCUT2D eigenvalue weighted by molar-refractivity contribution is 7.92. The van der Waals surface area contributed by atoms with Gasteiger partial charge in [0.2, 0.25) is 5.91 Å². The Bertz CT molecular complexity index is 784. The topological polar surface area (TPSA) is 95.2 Å². The number of sulfonamides is 1. The second kappa shape index (κ2) is 4.88. The predicted octanol–water partition coefficient (Wildman–Crippen LogP) is 1.12. The van der Waals surface area contributed by atoms with Crippen molar-refractivity contribution >= 4 is 27.3 Å². The molecule has 8 heteroatoms. The first-order chi connectivity index (χ1) is 9.97. The van der Waals surface area contributed by atoms with Crippen LogP contribution in [0.1, 0.15) is 12.5 Å². The minimum absolute atomic E-state index is 0.0134. The monoisotopic (exact) mass is 306 g/mol. The molecule has 0 spiro atoms. The van der Waals surface area contributed by atoms with Crippen LogP contribution in [0.5, 0.6) is 0 Å². The largest absolute Gasteiger partial charge is 0.312 e. The molecular formula is C13H14N4O3S. The third-order valence-corrected chi connectivity index (χ3v) is 4.74. The summed E-state index contributed by atoms with van der Waals surface area (Å²) in [6.07, 6.45) is 3.27. The van der Waals surface area contributed by atoms with Gasteiger partial charge in [0.25, 0.3) is 10.0 Å². The molecule has 1 amide bonds. The number of aromatic amines is 1. The maximum atomic E-state index is 12.1. The Hall–Kier alpha value is -2.35. The summed E-state index contributed by atoms with van der Waals surface area (Å²) in [6.45, 7) is 2.15. The minimum atomic E-state index is -3.64. The zero-order valence-electron chi connectivity index (χ0n) is 11.3. The van der Waals surface area contributed by atoms with Gasteiger partial charge in [-0.25, -0.2) is 8.42 Å². The molecule has 3 rings (SSSR count). The van der Waals surface area contributed by atoms with Crippen molar-refractivity contribution in [3.8, 4) is 0 Å². The summed E-state index contributed by atoms with van der Waals surface area (Å²) in [5.74, 6) is -0.0134. The van der Waals surface area contributed by atoms with Crippen molar-refractivity contribution in [3.63, 3.8) is 0 Å². The first-order valence-corrected chi connectivity index (χ1v) is 7.88. The third kappa shape index (κ3) is 2.49. The van der Waals surface area contributed by atoms with E-state index < -0.39 is 10.0 Å². The Morgan fingerprint density at radius 1 is 1.43 bits per heavy atom. The van der Waals surface area contributed by atoms with Gasteiger partial charge in [-0.1, -0.05) is 0 Å². The molecular weight excluding hydrogens is 292 g/mol. The van der Waals surface area contributed by atoms with Crippen molar-refractivity contribution in [2.24, 2.45) is 0 Å². The Labute approximate surface area is 122 Å². The number of hydrogen-bond acceptors (Lipinski definition) is 4. The molecule has 0 aliphatic carbocycles. The number of amides is 1. The van der Waals surface area contributed by atoms with Gasteiger partial charge in [-0.2, -0.15) is 5.10 Å². The maximum Gasteiger partial charge on any atom is 0.265 e. The van der Waals surface area contributed by atoms with Crippen molar-refractivity contribution < 1.29 is 13.2 Å². The summed E-state index contributed by atoms with van der Waals surface area (Å²) in [5.41, 5.74) is 2.27. The lowest BCUT2D eigenvalue weighted by molar-refractivity contribution is -0.116. The summed E-state index contributed by atoms with van der Waals surface area (Å²) >= 11 is 0. The van der Waals surface area contributed by atoms with E-state index in [9.17, 15) is 13.2 Å². The van der Waals surface area contributed by atoms with Gasteiger partial charge in [0.05, 0.1) is 6.20 Å². The number of aromatic nitrogens is 2. The molecule has 0 bridgehead atoms. The molecule has 2 aromatic rings. The molecule has 0 saturated carbocycles. The number of carbonyl (C=O) groups excluding carboxylic acids is 1. The molecule has 2 N–H and O–H groups in total. The van der Waals surface area contributed by atoms with Crippen LogP contribution in [0.15, 0.2) is 35.5 Å². The Morgan fingerprint density at radius 3 is 2.90 bits per heavy atom. The third-order valence-electron chi connectivity index (χ3n) is 3.39. The van der Waals surface area contributed by atoms with Gasteiger partial charge in [0.15, 0.2) is 0 Å². The first kappa shape index (κ1) is 13.6. The van der Waals surface area contributed by atoms with E-state index in [1.54, 1.807) is 23.1 Å². The molecule has 110 valence electrons. The normalized spacial score (nSPS) is 14.0. The van der Waals surface area contributed by atoms with Crippen LogP contribution >= 0.6 is 0 Å². The number of carbonyl (C=O) groups is 1. The molecule has 0 saturated heterocycles. The van der Waals surface area contributed by atoms with Gasteiger partial charge in [0.1, 0.15) is 4.90 Å². The van der Waals surface area contributed by atoms with Gasteiger partial charge in [-0.3, -0.25) is 14.6 Å². The second-order valence-corrected chi connectivity index (χ2v) is 6.49. The fourth-order valence-electron chi connectivity index (χ4n) is 2.39. The molecule has 7 nitrogen and oxygen atoms in total. The quantitative estimate of drug-likeness (QED) is 0.888. The summed E-state index contributed by atoms with van der Waals surface area (Å²) in [4.78, 5) is 13.2. The molecule has 0 fully saturated rings. The van der Waals surface area contributed by atoms with E-state index in [4.69, 9.17) is 0 Å². The lowest BCUT2D eigenvalue weighted by Crippen LogP contribution is -2.25. The number of fused-ring (bicyclic) bond motifs is 1. The molecule has 0 unspecified atom stereocenters. The number of rotatable bonds is 3. The van der Waals surface area contributed by atoms with Gasteiger partial charge < -0.3 is 4.90 Å². The van der Waals surface area contributed by atoms with E-state index >= 15 is 0 Å². The number of H-pyrrole nitrogens is 1. The smallest absolute Gasteiger partial charge is 0.265 e. The molecule has 21 heavy (non-hydrogen) atoms.